The number of nitrogens with zero attached hydrogens (tertiary/aromatic N) is 1. The number of amides is 1. The molecule has 0 saturated carbocycles. The number of hydrogen-bond acceptors (Lipinski definition) is 8. The standard InChI is InChI=1S/C42H46N2O4S3Se.C4H10O3S/c1-27-10-18-38(39(51)20-27)44(19-7-6-8-41(45)46)30(4)12-15-33-22-32(14-13-31(5)52-40-21-28(2)9-11-29(40)3)23-34-24-36(16-17-37(33)34)48-42(47)43-35(25-49)26-50;1-2-3-4-8(5,6)7/h9-18,20-24,35H,5-8,19,25-26H2,1-4H3,(H4-,43,45,46,47,49,50,51);2-4H2,1H3,(H,5,6,7)/p+1/b14-13+,15-12+,44-30?;. The zero-order valence-corrected chi connectivity index (χ0v) is 40.1. The zero-order chi connectivity index (χ0) is 44.4. The van der Waals surface area contributed by atoms with E-state index >= 15 is 0 Å². The van der Waals surface area contributed by atoms with Gasteiger partial charge in [0.25, 0.3) is 10.1 Å². The van der Waals surface area contributed by atoms with Crippen LogP contribution in [0.25, 0.3) is 22.9 Å². The molecule has 0 spiro atoms. The van der Waals surface area contributed by atoms with E-state index in [0.29, 0.717) is 43.1 Å². The van der Waals surface area contributed by atoms with Gasteiger partial charge in [-0.25, -0.2) is 0 Å². The van der Waals surface area contributed by atoms with Crippen LogP contribution in [0.5, 0.6) is 5.75 Å². The number of thiol groups is 3. The van der Waals surface area contributed by atoms with Gasteiger partial charge >= 0.3 is 236 Å². The predicted octanol–water partition coefficient (Wildman–Crippen LogP) is 9.67. The van der Waals surface area contributed by atoms with Crippen molar-refractivity contribution in [2.24, 2.45) is 0 Å². The molecular weight excluding hydrogens is 900 g/mol. The Labute approximate surface area is 378 Å². The molecule has 0 radical (unpaired) electrons. The van der Waals surface area contributed by atoms with Gasteiger partial charge in [-0.3, -0.25) is 9.35 Å². The van der Waals surface area contributed by atoms with E-state index in [0.717, 1.165) is 54.6 Å². The van der Waals surface area contributed by atoms with Crippen molar-refractivity contribution >= 4 is 114 Å². The summed E-state index contributed by atoms with van der Waals surface area (Å²) in [6.45, 7) is 15.2. The van der Waals surface area contributed by atoms with Crippen LogP contribution in [0.4, 0.5) is 10.5 Å². The van der Waals surface area contributed by atoms with E-state index < -0.39 is 22.2 Å². The van der Waals surface area contributed by atoms with Crippen molar-refractivity contribution in [3.63, 3.8) is 0 Å². The summed E-state index contributed by atoms with van der Waals surface area (Å²) in [6.07, 6.45) is 10.6. The summed E-state index contributed by atoms with van der Waals surface area (Å²) in [5.41, 5.74) is 7.56. The number of fused-ring (bicyclic) bond motifs is 1. The van der Waals surface area contributed by atoms with Crippen LogP contribution >= 0.6 is 37.9 Å². The van der Waals surface area contributed by atoms with Gasteiger partial charge in [0, 0.05) is 17.9 Å². The number of rotatable bonds is 19. The van der Waals surface area contributed by atoms with E-state index in [4.69, 9.17) is 21.9 Å². The largest absolute Gasteiger partial charge is 0.286 e. The number of benzene rings is 4. The minimum absolute atomic E-state index is 0.0836. The topological polar surface area (TPSA) is 133 Å². The molecule has 0 aromatic heterocycles. The molecule has 14 heteroatoms. The summed E-state index contributed by atoms with van der Waals surface area (Å²) < 4.78 is 38.2. The second-order valence-corrected chi connectivity index (χ2v) is 19.6. The summed E-state index contributed by atoms with van der Waals surface area (Å²) in [5.74, 6) is 0.433. The molecule has 1 amide bonds. The van der Waals surface area contributed by atoms with Gasteiger partial charge in [-0.15, -0.1) is 12.6 Å². The molecule has 4 rings (SSSR count). The van der Waals surface area contributed by atoms with Gasteiger partial charge in [0.1, 0.15) is 0 Å². The number of hydrogen-bond donors (Lipinski definition) is 6. The monoisotopic (exact) mass is 957 g/mol. The first-order chi connectivity index (χ1) is 28.4. The van der Waals surface area contributed by atoms with Crippen LogP contribution in [0, 0.1) is 20.8 Å². The van der Waals surface area contributed by atoms with Gasteiger partial charge in [0.15, 0.2) is 0 Å². The fraction of sp³-hybridized carbons (Fsp3) is 0.326. The third kappa shape index (κ3) is 17.7. The van der Waals surface area contributed by atoms with Crippen molar-refractivity contribution in [1.82, 2.24) is 5.32 Å². The second-order valence-electron chi connectivity index (χ2n) is 14.4. The van der Waals surface area contributed by atoms with Crippen molar-refractivity contribution < 1.29 is 37.0 Å². The first-order valence-corrected chi connectivity index (χ1v) is 24.6. The van der Waals surface area contributed by atoms with Crippen LogP contribution in [0.15, 0.2) is 94.8 Å². The molecule has 60 heavy (non-hydrogen) atoms. The van der Waals surface area contributed by atoms with Gasteiger partial charge < -0.3 is 5.11 Å². The number of carbonyl (C=O) groups is 2. The number of aliphatic carboxylic acids is 1. The van der Waals surface area contributed by atoms with Crippen molar-refractivity contribution in [3.05, 3.63) is 118 Å². The average molecular weight is 957 g/mol. The third-order valence-corrected chi connectivity index (χ3v) is 13.4. The van der Waals surface area contributed by atoms with Crippen LogP contribution in [0.2, 0.25) is 0 Å². The molecule has 0 aliphatic rings. The van der Waals surface area contributed by atoms with Gasteiger partial charge in [-0.2, -0.15) is 33.7 Å². The Morgan fingerprint density at radius 2 is 1.63 bits per heavy atom. The fourth-order valence-electron chi connectivity index (χ4n) is 5.85. The minimum atomic E-state index is -3.69. The summed E-state index contributed by atoms with van der Waals surface area (Å²) in [5, 5.41) is 13.9. The van der Waals surface area contributed by atoms with Crippen molar-refractivity contribution in [2.45, 2.75) is 77.7 Å². The molecule has 3 N–H and O–H groups in total. The molecule has 0 saturated heterocycles. The number of carboxylic acid groups (broad SMARTS) is 1. The summed E-state index contributed by atoms with van der Waals surface area (Å²) >= 11 is 13.4. The molecule has 322 valence electrons. The molecular formula is C46H57N2O7S4Se+. The number of ether oxygens (including phenoxy) is 1. The number of allylic oxidation sites excluding steroid dienone is 3. The van der Waals surface area contributed by atoms with Gasteiger partial charge in [0.2, 0.25) is 0 Å². The van der Waals surface area contributed by atoms with Gasteiger partial charge in [0.05, 0.1) is 5.75 Å². The van der Waals surface area contributed by atoms with E-state index in [1.165, 1.54) is 15.6 Å². The van der Waals surface area contributed by atoms with Crippen LogP contribution < -0.4 is 14.5 Å². The van der Waals surface area contributed by atoms with E-state index in [1.807, 2.05) is 32.0 Å². The first kappa shape index (κ1) is 50.6. The van der Waals surface area contributed by atoms with Gasteiger partial charge in [-0.1, -0.05) is 19.4 Å². The fourth-order valence-corrected chi connectivity index (χ4v) is 9.42. The Hall–Kier alpha value is -3.75. The summed E-state index contributed by atoms with van der Waals surface area (Å²) in [4.78, 5) is 24.7. The van der Waals surface area contributed by atoms with Crippen LogP contribution in [-0.4, -0.2) is 85.2 Å². The third-order valence-electron chi connectivity index (χ3n) is 9.13. The normalized spacial score (nSPS) is 12.1. The maximum absolute atomic E-state index is 12.6. The predicted molar refractivity (Wildman–Crippen MR) is 260 cm³/mol. The Balaban J connectivity index is 0.00000109. The van der Waals surface area contributed by atoms with Crippen LogP contribution in [-0.2, 0) is 14.9 Å². The number of carbonyl (C=O) groups excluding carboxylic acids is 1. The molecule has 4 aromatic rings. The minimum Gasteiger partial charge on any atom is -0.286 e. The molecule has 9 nitrogen and oxygen atoms in total. The molecule has 0 unspecified atom stereocenters. The maximum Gasteiger partial charge on any atom is 0.264 e. The van der Waals surface area contributed by atoms with Gasteiger partial charge in [-0.05, 0) is 31.4 Å². The molecule has 0 bridgehead atoms. The molecule has 0 atom stereocenters. The molecule has 0 aliphatic heterocycles. The molecule has 4 aromatic carbocycles. The van der Waals surface area contributed by atoms with E-state index in [1.54, 1.807) is 6.07 Å². The van der Waals surface area contributed by atoms with E-state index in [-0.39, 0.29) is 33.2 Å². The first-order valence-electron chi connectivity index (χ1n) is 19.6. The molecule has 0 heterocycles. The molecule has 0 fully saturated rings. The van der Waals surface area contributed by atoms with Crippen LogP contribution in [0.1, 0.15) is 73.8 Å². The maximum atomic E-state index is 12.6. The Morgan fingerprint density at radius 1 is 0.933 bits per heavy atom. The number of unbranched alkanes of at least 4 members (excludes halogenated alkanes) is 2. The Morgan fingerprint density at radius 3 is 2.27 bits per heavy atom. The Bertz CT molecular complexity index is 2340. The SMILES string of the molecule is C=C(/C=C/c1cc(/C=C/C(C)=[N+](CCCCC(=O)O)c2ccc(C)cc2S)c2ccc(OC(=O)NC(CS)CS)cc2c1)[Se]c1cc(C)ccc1C.CCCCS(=O)(=O)O. The summed E-state index contributed by atoms with van der Waals surface area (Å²) in [6, 6.07) is 22.3. The second kappa shape index (κ2) is 25.2. The van der Waals surface area contributed by atoms with Crippen molar-refractivity contribution in [3.8, 4) is 5.75 Å². The summed E-state index contributed by atoms with van der Waals surface area (Å²) in [7, 11) is -3.69. The van der Waals surface area contributed by atoms with E-state index in [2.05, 4.69) is 129 Å². The number of carboxylic acids is 1. The smallest absolute Gasteiger partial charge is 0.264 e. The van der Waals surface area contributed by atoms with Crippen molar-refractivity contribution in [1.29, 1.82) is 0 Å². The quantitative estimate of drug-likeness (QED) is 0.0105. The van der Waals surface area contributed by atoms with Crippen molar-refractivity contribution in [2.75, 3.05) is 23.8 Å². The number of aryl methyl sites for hydroxylation is 3. The Kier molecular flexibility index (Phi) is 21.3. The average Bonchev–Trinajstić information content (AvgIpc) is 3.18. The number of nitrogens with one attached hydrogen (secondary N) is 1. The molecule has 0 aliphatic carbocycles. The zero-order valence-electron chi connectivity index (χ0n) is 34.8. The van der Waals surface area contributed by atoms with Crippen LogP contribution in [0.3, 0.4) is 0 Å². The van der Waals surface area contributed by atoms with E-state index in [9.17, 15) is 23.1 Å².